The maximum atomic E-state index is 5.70. The summed E-state index contributed by atoms with van der Waals surface area (Å²) in [5.41, 5.74) is 5.74. The van der Waals surface area contributed by atoms with E-state index in [1.54, 1.807) is 0 Å². The molecule has 1 heteroatoms. The molecule has 2 rings (SSSR count). The molecular weight excluding hydrogens is 215 g/mol. The third-order valence-corrected chi connectivity index (χ3v) is 4.51. The highest BCUT2D eigenvalue weighted by Gasteiger charge is 2.36. The first-order chi connectivity index (χ1) is 8.28. The molecule has 0 atom stereocenters. The molecule has 18 heavy (non-hydrogen) atoms. The second-order valence-electron chi connectivity index (χ2n) is 6.84. The Kier molecular flexibility index (Phi) is 3.21. The highest BCUT2D eigenvalue weighted by molar-refractivity contribution is 6.14. The van der Waals surface area contributed by atoms with E-state index in [-0.39, 0.29) is 10.8 Å². The van der Waals surface area contributed by atoms with Crippen molar-refractivity contribution in [3.63, 3.8) is 0 Å². The summed E-state index contributed by atoms with van der Waals surface area (Å²) in [6, 6.07) is 6.77. The van der Waals surface area contributed by atoms with Gasteiger partial charge in [0.05, 0.1) is 7.85 Å². The van der Waals surface area contributed by atoms with Crippen LogP contribution in [-0.4, -0.2) is 7.85 Å². The van der Waals surface area contributed by atoms with Crippen molar-refractivity contribution in [1.82, 2.24) is 0 Å². The monoisotopic (exact) mass is 238 g/mol. The zero-order chi connectivity index (χ0) is 13.6. The minimum Gasteiger partial charge on any atom is -0.0960 e. The lowest BCUT2D eigenvalue weighted by Gasteiger charge is -2.42. The predicted octanol–water partition coefficient (Wildman–Crippen LogP) is 4.64. The van der Waals surface area contributed by atoms with E-state index < -0.39 is 0 Å². The van der Waals surface area contributed by atoms with Gasteiger partial charge in [0.25, 0.3) is 0 Å². The van der Waals surface area contributed by atoms with Gasteiger partial charge in [-0.3, -0.25) is 0 Å². The van der Waals surface area contributed by atoms with E-state index in [1.165, 1.54) is 29.5 Å². The average molecular weight is 238 g/mol. The largest absolute Gasteiger partial charge is 0.0960 e. The SMILES string of the molecule is [B]CC(=C)c1ccc2c(c1)C(C)(C)CCC2(C)C. The second-order valence-corrected chi connectivity index (χ2v) is 6.84. The van der Waals surface area contributed by atoms with E-state index >= 15 is 0 Å². The molecule has 0 spiro atoms. The summed E-state index contributed by atoms with van der Waals surface area (Å²) in [7, 11) is 5.70. The van der Waals surface area contributed by atoms with E-state index in [2.05, 4.69) is 52.5 Å². The van der Waals surface area contributed by atoms with Crippen LogP contribution in [0.5, 0.6) is 0 Å². The summed E-state index contributed by atoms with van der Waals surface area (Å²) in [6.45, 7) is 13.4. The molecule has 0 N–H and O–H groups in total. The molecular formula is C17H23B. The maximum absolute atomic E-state index is 5.70. The molecule has 0 fully saturated rings. The molecule has 1 aliphatic rings. The third-order valence-electron chi connectivity index (χ3n) is 4.51. The topological polar surface area (TPSA) is 0 Å². The molecule has 0 saturated heterocycles. The molecule has 94 valence electrons. The van der Waals surface area contributed by atoms with Crippen LogP contribution in [0.3, 0.4) is 0 Å². The predicted molar refractivity (Wildman–Crippen MR) is 81.3 cm³/mol. The number of allylic oxidation sites excluding steroid dienone is 1. The first kappa shape index (κ1) is 13.5. The molecule has 0 amide bonds. The minimum atomic E-state index is 0.260. The zero-order valence-corrected chi connectivity index (χ0v) is 12.1. The quantitative estimate of drug-likeness (QED) is 0.658. The Bertz CT molecular complexity index is 480. The van der Waals surface area contributed by atoms with Crippen molar-refractivity contribution in [3.8, 4) is 0 Å². The first-order valence-electron chi connectivity index (χ1n) is 6.81. The molecule has 0 aliphatic heterocycles. The van der Waals surface area contributed by atoms with Crippen molar-refractivity contribution in [2.45, 2.75) is 57.7 Å². The Morgan fingerprint density at radius 2 is 1.67 bits per heavy atom. The molecule has 0 nitrogen and oxygen atoms in total. The molecule has 0 heterocycles. The molecule has 0 saturated carbocycles. The standard InChI is InChI=1S/C17H23B/c1-12(11-18)13-6-7-14-15(10-13)17(4,5)9-8-16(14,2)3/h6-7,10H,1,8-9,11H2,2-5H3. The zero-order valence-electron chi connectivity index (χ0n) is 12.1. The van der Waals surface area contributed by atoms with Crippen molar-refractivity contribution in [2.24, 2.45) is 0 Å². The minimum absolute atomic E-state index is 0.260. The van der Waals surface area contributed by atoms with Crippen molar-refractivity contribution in [3.05, 3.63) is 41.5 Å². The molecule has 0 unspecified atom stereocenters. The van der Waals surface area contributed by atoms with Gasteiger partial charge >= 0.3 is 0 Å². The van der Waals surface area contributed by atoms with Gasteiger partial charge in [0.1, 0.15) is 0 Å². The van der Waals surface area contributed by atoms with Gasteiger partial charge in [0.2, 0.25) is 0 Å². The number of hydrogen-bond acceptors (Lipinski definition) is 0. The third kappa shape index (κ3) is 2.16. The van der Waals surface area contributed by atoms with Crippen LogP contribution in [0.25, 0.3) is 5.57 Å². The van der Waals surface area contributed by atoms with Gasteiger partial charge in [-0.25, -0.2) is 0 Å². The van der Waals surface area contributed by atoms with Gasteiger partial charge in [-0.05, 0) is 40.4 Å². The smallest absolute Gasteiger partial charge is 0.0716 e. The van der Waals surface area contributed by atoms with Gasteiger partial charge in [-0.1, -0.05) is 64.4 Å². The normalized spacial score (nSPS) is 20.2. The van der Waals surface area contributed by atoms with Crippen LogP contribution >= 0.6 is 0 Å². The molecule has 0 bridgehead atoms. The van der Waals surface area contributed by atoms with Crippen LogP contribution < -0.4 is 0 Å². The number of benzene rings is 1. The van der Waals surface area contributed by atoms with E-state index in [0.717, 1.165) is 5.57 Å². The van der Waals surface area contributed by atoms with Crippen LogP contribution in [0.1, 0.15) is 57.2 Å². The van der Waals surface area contributed by atoms with E-state index in [4.69, 9.17) is 7.85 Å². The number of fused-ring (bicyclic) bond motifs is 1. The Labute approximate surface area is 113 Å². The van der Waals surface area contributed by atoms with Gasteiger partial charge < -0.3 is 0 Å². The molecule has 0 aromatic heterocycles. The van der Waals surface area contributed by atoms with E-state index in [0.29, 0.717) is 6.32 Å². The first-order valence-corrected chi connectivity index (χ1v) is 6.81. The van der Waals surface area contributed by atoms with E-state index in [9.17, 15) is 0 Å². The van der Waals surface area contributed by atoms with Crippen molar-refractivity contribution >= 4 is 13.4 Å². The Morgan fingerprint density at radius 1 is 1.11 bits per heavy atom. The molecule has 2 radical (unpaired) electrons. The number of hydrogen-bond donors (Lipinski definition) is 0. The summed E-state index contributed by atoms with van der Waals surface area (Å²) < 4.78 is 0. The van der Waals surface area contributed by atoms with Crippen molar-refractivity contribution in [2.75, 3.05) is 0 Å². The van der Waals surface area contributed by atoms with Crippen LogP contribution in [0.2, 0.25) is 6.32 Å². The van der Waals surface area contributed by atoms with Crippen LogP contribution in [0.15, 0.2) is 24.8 Å². The van der Waals surface area contributed by atoms with Crippen molar-refractivity contribution < 1.29 is 0 Å². The highest BCUT2D eigenvalue weighted by atomic mass is 14.4. The van der Waals surface area contributed by atoms with E-state index in [1.807, 2.05) is 0 Å². The summed E-state index contributed by atoms with van der Waals surface area (Å²) in [5.74, 6) is 0. The number of rotatable bonds is 2. The second kappa shape index (κ2) is 4.29. The fourth-order valence-corrected chi connectivity index (χ4v) is 2.93. The van der Waals surface area contributed by atoms with Gasteiger partial charge in [0.15, 0.2) is 0 Å². The fraction of sp³-hybridized carbons (Fsp3) is 0.529. The summed E-state index contributed by atoms with van der Waals surface area (Å²) in [5, 5.41) is 0. The lowest BCUT2D eigenvalue weighted by molar-refractivity contribution is 0.332. The van der Waals surface area contributed by atoms with Gasteiger partial charge in [0, 0.05) is 0 Å². The lowest BCUT2D eigenvalue weighted by atomic mass is 9.63. The Balaban J connectivity index is 2.58. The fourth-order valence-electron chi connectivity index (χ4n) is 2.93. The summed E-state index contributed by atoms with van der Waals surface area (Å²) >= 11 is 0. The molecule has 1 aromatic carbocycles. The highest BCUT2D eigenvalue weighted by Crippen LogP contribution is 2.46. The van der Waals surface area contributed by atoms with Crippen molar-refractivity contribution in [1.29, 1.82) is 0 Å². The average Bonchev–Trinajstić information content (AvgIpc) is 2.34. The molecule has 1 aliphatic carbocycles. The van der Waals surface area contributed by atoms with Crippen LogP contribution in [0, 0.1) is 0 Å². The Hall–Kier alpha value is -0.975. The maximum Gasteiger partial charge on any atom is 0.0716 e. The van der Waals surface area contributed by atoms with Crippen LogP contribution in [0.4, 0.5) is 0 Å². The van der Waals surface area contributed by atoms with Gasteiger partial charge in [-0.2, -0.15) is 0 Å². The summed E-state index contributed by atoms with van der Waals surface area (Å²) in [4.78, 5) is 0. The Morgan fingerprint density at radius 3 is 2.22 bits per heavy atom. The van der Waals surface area contributed by atoms with Crippen LogP contribution in [-0.2, 0) is 10.8 Å². The molecule has 1 aromatic rings. The van der Waals surface area contributed by atoms with Gasteiger partial charge in [-0.15, -0.1) is 0 Å². The lowest BCUT2D eigenvalue weighted by Crippen LogP contribution is -2.33. The summed E-state index contributed by atoms with van der Waals surface area (Å²) in [6.07, 6.45) is 3.03.